The van der Waals surface area contributed by atoms with E-state index in [1.165, 1.54) is 12.8 Å². The molecule has 1 aromatic heterocycles. The summed E-state index contributed by atoms with van der Waals surface area (Å²) < 4.78 is 0. The number of aliphatic hydroxyl groups excluding tert-OH is 1. The molecule has 0 amide bonds. The van der Waals surface area contributed by atoms with E-state index in [0.29, 0.717) is 5.02 Å². The molecule has 5 heteroatoms. The highest BCUT2D eigenvalue weighted by molar-refractivity contribution is 6.36. The van der Waals surface area contributed by atoms with E-state index in [2.05, 4.69) is 22.0 Å². The molecule has 1 fully saturated rings. The minimum atomic E-state index is -0.517. The summed E-state index contributed by atoms with van der Waals surface area (Å²) in [7, 11) is 0. The SMILES string of the molecule is CC1CCN(CCC(O)c2ccc3[nH]ncc3c2Cl)CC1. The van der Waals surface area contributed by atoms with Crippen LogP contribution in [0, 0.1) is 5.92 Å². The van der Waals surface area contributed by atoms with E-state index >= 15 is 0 Å². The molecule has 1 aliphatic heterocycles. The summed E-state index contributed by atoms with van der Waals surface area (Å²) in [6.45, 7) is 5.52. The van der Waals surface area contributed by atoms with Crippen molar-refractivity contribution in [2.24, 2.45) is 5.92 Å². The van der Waals surface area contributed by atoms with Crippen LogP contribution in [0.1, 0.15) is 37.9 Å². The Kier molecular flexibility index (Phi) is 4.48. The number of aliphatic hydroxyl groups is 1. The van der Waals surface area contributed by atoms with Crippen molar-refractivity contribution in [2.45, 2.75) is 32.3 Å². The molecule has 1 aliphatic rings. The number of aromatic amines is 1. The van der Waals surface area contributed by atoms with Gasteiger partial charge in [0.1, 0.15) is 0 Å². The maximum Gasteiger partial charge on any atom is 0.0816 e. The van der Waals surface area contributed by atoms with E-state index in [0.717, 1.165) is 48.4 Å². The predicted molar refractivity (Wildman–Crippen MR) is 85.5 cm³/mol. The zero-order valence-corrected chi connectivity index (χ0v) is 13.1. The Morgan fingerprint density at radius 3 is 2.95 bits per heavy atom. The highest BCUT2D eigenvalue weighted by Crippen LogP contribution is 2.31. The van der Waals surface area contributed by atoms with Crippen LogP contribution >= 0.6 is 11.6 Å². The number of piperidine rings is 1. The van der Waals surface area contributed by atoms with Gasteiger partial charge in [-0.2, -0.15) is 5.10 Å². The lowest BCUT2D eigenvalue weighted by atomic mass is 9.98. The Morgan fingerprint density at radius 2 is 2.19 bits per heavy atom. The van der Waals surface area contributed by atoms with E-state index in [-0.39, 0.29) is 0 Å². The minimum Gasteiger partial charge on any atom is -0.388 e. The Hall–Kier alpha value is -1.10. The minimum absolute atomic E-state index is 0.517. The van der Waals surface area contributed by atoms with Crippen molar-refractivity contribution in [3.63, 3.8) is 0 Å². The van der Waals surface area contributed by atoms with Gasteiger partial charge in [-0.3, -0.25) is 5.10 Å². The van der Waals surface area contributed by atoms with Gasteiger partial charge in [-0.05, 0) is 49.9 Å². The topological polar surface area (TPSA) is 52.1 Å². The molecule has 2 heterocycles. The summed E-state index contributed by atoms with van der Waals surface area (Å²) in [6.07, 6.45) is 4.43. The third-order valence-corrected chi connectivity index (χ3v) is 4.96. The lowest BCUT2D eigenvalue weighted by Gasteiger charge is -2.30. The molecule has 2 aromatic rings. The van der Waals surface area contributed by atoms with Crippen molar-refractivity contribution < 1.29 is 5.11 Å². The molecule has 1 atom stereocenters. The standard InChI is InChI=1S/C16H22ClN3O/c1-11-4-7-20(8-5-11)9-6-15(21)12-2-3-14-13(16(12)17)10-18-19-14/h2-3,10-11,15,21H,4-9H2,1H3,(H,18,19). The Bertz CT molecular complexity index is 605. The van der Waals surface area contributed by atoms with Gasteiger partial charge in [-0.25, -0.2) is 0 Å². The third kappa shape index (κ3) is 3.23. The maximum atomic E-state index is 10.4. The molecule has 1 aromatic carbocycles. The van der Waals surface area contributed by atoms with Gasteiger partial charge in [0.05, 0.1) is 22.8 Å². The van der Waals surface area contributed by atoms with E-state index < -0.39 is 6.10 Å². The molecule has 3 rings (SSSR count). The quantitative estimate of drug-likeness (QED) is 0.910. The molecule has 21 heavy (non-hydrogen) atoms. The number of hydrogen-bond acceptors (Lipinski definition) is 3. The monoisotopic (exact) mass is 307 g/mol. The van der Waals surface area contributed by atoms with Gasteiger partial charge >= 0.3 is 0 Å². The summed E-state index contributed by atoms with van der Waals surface area (Å²) in [5, 5.41) is 18.8. The van der Waals surface area contributed by atoms with Gasteiger partial charge in [-0.15, -0.1) is 0 Å². The van der Waals surface area contributed by atoms with Crippen LogP contribution in [-0.2, 0) is 0 Å². The molecule has 0 aliphatic carbocycles. The Morgan fingerprint density at radius 1 is 1.43 bits per heavy atom. The highest BCUT2D eigenvalue weighted by atomic mass is 35.5. The van der Waals surface area contributed by atoms with Crippen LogP contribution in [0.5, 0.6) is 0 Å². The smallest absolute Gasteiger partial charge is 0.0816 e. The number of fused-ring (bicyclic) bond motifs is 1. The zero-order chi connectivity index (χ0) is 14.8. The van der Waals surface area contributed by atoms with Crippen LogP contribution in [0.4, 0.5) is 0 Å². The zero-order valence-electron chi connectivity index (χ0n) is 12.3. The number of rotatable bonds is 4. The second-order valence-electron chi connectivity index (χ2n) is 6.13. The molecular weight excluding hydrogens is 286 g/mol. The first-order valence-corrected chi connectivity index (χ1v) is 8.05. The van der Waals surface area contributed by atoms with E-state index in [4.69, 9.17) is 11.6 Å². The fraction of sp³-hybridized carbons (Fsp3) is 0.562. The van der Waals surface area contributed by atoms with Gasteiger partial charge in [0.15, 0.2) is 0 Å². The van der Waals surface area contributed by atoms with Gasteiger partial charge in [-0.1, -0.05) is 24.6 Å². The largest absolute Gasteiger partial charge is 0.388 e. The van der Waals surface area contributed by atoms with Gasteiger partial charge in [0, 0.05) is 11.9 Å². The number of likely N-dealkylation sites (tertiary alicyclic amines) is 1. The number of aromatic nitrogens is 2. The molecule has 1 saturated heterocycles. The third-order valence-electron chi connectivity index (χ3n) is 4.54. The molecule has 114 valence electrons. The highest BCUT2D eigenvalue weighted by Gasteiger charge is 2.19. The number of hydrogen-bond donors (Lipinski definition) is 2. The molecule has 0 radical (unpaired) electrons. The number of halogens is 1. The first kappa shape index (κ1) is 14.8. The van der Waals surface area contributed by atoms with Crippen molar-refractivity contribution in [1.82, 2.24) is 15.1 Å². The number of benzene rings is 1. The second kappa shape index (κ2) is 6.34. The van der Waals surface area contributed by atoms with E-state index in [9.17, 15) is 5.11 Å². The molecule has 0 saturated carbocycles. The van der Waals surface area contributed by atoms with E-state index in [1.54, 1.807) is 6.20 Å². The average molecular weight is 308 g/mol. The van der Waals surface area contributed by atoms with Crippen LogP contribution in [0.2, 0.25) is 5.02 Å². The van der Waals surface area contributed by atoms with Crippen molar-refractivity contribution in [3.05, 3.63) is 28.9 Å². The van der Waals surface area contributed by atoms with Crippen molar-refractivity contribution >= 4 is 22.5 Å². The summed E-state index contributed by atoms with van der Waals surface area (Å²) in [6, 6.07) is 3.82. The van der Waals surface area contributed by atoms with Crippen LogP contribution < -0.4 is 0 Å². The fourth-order valence-corrected chi connectivity index (χ4v) is 3.34. The fourth-order valence-electron chi connectivity index (χ4n) is 3.00. The lowest BCUT2D eigenvalue weighted by Crippen LogP contribution is -2.34. The van der Waals surface area contributed by atoms with Crippen LogP contribution in [0.25, 0.3) is 10.9 Å². The van der Waals surface area contributed by atoms with Gasteiger partial charge in [0.25, 0.3) is 0 Å². The number of nitrogens with zero attached hydrogens (tertiary/aromatic N) is 2. The molecule has 4 nitrogen and oxygen atoms in total. The Balaban J connectivity index is 1.64. The van der Waals surface area contributed by atoms with Crippen molar-refractivity contribution in [1.29, 1.82) is 0 Å². The normalized spacial score (nSPS) is 19.2. The van der Waals surface area contributed by atoms with Crippen molar-refractivity contribution in [2.75, 3.05) is 19.6 Å². The van der Waals surface area contributed by atoms with Crippen LogP contribution in [0.3, 0.4) is 0 Å². The summed E-state index contributed by atoms with van der Waals surface area (Å²) in [5.41, 5.74) is 1.71. The first-order valence-electron chi connectivity index (χ1n) is 7.67. The van der Waals surface area contributed by atoms with Crippen LogP contribution in [-0.4, -0.2) is 39.8 Å². The molecule has 1 unspecified atom stereocenters. The Labute approximate surface area is 130 Å². The lowest BCUT2D eigenvalue weighted by molar-refractivity contribution is 0.125. The van der Waals surface area contributed by atoms with Crippen molar-refractivity contribution in [3.8, 4) is 0 Å². The summed E-state index contributed by atoms with van der Waals surface area (Å²) >= 11 is 6.38. The molecule has 0 spiro atoms. The maximum absolute atomic E-state index is 10.4. The molecule has 2 N–H and O–H groups in total. The summed E-state index contributed by atoms with van der Waals surface area (Å²) in [4.78, 5) is 2.44. The second-order valence-corrected chi connectivity index (χ2v) is 6.51. The first-order chi connectivity index (χ1) is 10.1. The number of nitrogens with one attached hydrogen (secondary N) is 1. The van der Waals surface area contributed by atoms with Crippen LogP contribution in [0.15, 0.2) is 18.3 Å². The summed E-state index contributed by atoms with van der Waals surface area (Å²) in [5.74, 6) is 0.837. The number of H-pyrrole nitrogens is 1. The van der Waals surface area contributed by atoms with Gasteiger partial charge < -0.3 is 10.0 Å². The molecule has 0 bridgehead atoms. The predicted octanol–water partition coefficient (Wildman–Crippen LogP) is 3.37. The average Bonchev–Trinajstić information content (AvgIpc) is 2.96. The van der Waals surface area contributed by atoms with E-state index in [1.807, 2.05) is 12.1 Å². The van der Waals surface area contributed by atoms with Gasteiger partial charge in [0.2, 0.25) is 0 Å². The molecular formula is C16H22ClN3O.